The molecule has 0 bridgehead atoms. The number of esters is 1. The van der Waals surface area contributed by atoms with Gasteiger partial charge in [-0.05, 0) is 55.5 Å². The van der Waals surface area contributed by atoms with Gasteiger partial charge >= 0.3 is 11.7 Å². The number of benzene rings is 3. The molecule has 32 heavy (non-hydrogen) atoms. The molecule has 4 aromatic rings. The number of rotatable bonds is 7. The molecule has 0 spiro atoms. The molecule has 1 heterocycles. The van der Waals surface area contributed by atoms with Crippen molar-refractivity contribution in [2.45, 2.75) is 26.4 Å². The van der Waals surface area contributed by atoms with Gasteiger partial charge in [0.05, 0.1) is 17.5 Å². The van der Waals surface area contributed by atoms with Crippen LogP contribution < -0.4 is 15.7 Å². The summed E-state index contributed by atoms with van der Waals surface area (Å²) in [7, 11) is 0. The van der Waals surface area contributed by atoms with E-state index in [1.54, 1.807) is 57.7 Å². The average Bonchev–Trinajstić information content (AvgIpc) is 3.10. The van der Waals surface area contributed by atoms with E-state index in [2.05, 4.69) is 5.32 Å². The van der Waals surface area contributed by atoms with Gasteiger partial charge in [0, 0.05) is 24.3 Å². The van der Waals surface area contributed by atoms with Gasteiger partial charge < -0.3 is 10.1 Å². The molecule has 0 aliphatic heterocycles. The second-order valence-electron chi connectivity index (χ2n) is 7.24. The number of aromatic nitrogens is 2. The van der Waals surface area contributed by atoms with Crippen LogP contribution in [0.3, 0.4) is 0 Å². The third-order valence-electron chi connectivity index (χ3n) is 5.16. The Morgan fingerprint density at radius 1 is 0.844 bits per heavy atom. The second-order valence-corrected chi connectivity index (χ2v) is 7.24. The minimum atomic E-state index is -0.439. The summed E-state index contributed by atoms with van der Waals surface area (Å²) in [5.41, 5.74) is 2.66. The Morgan fingerprint density at radius 2 is 1.47 bits per heavy atom. The predicted octanol–water partition coefficient (Wildman–Crippen LogP) is 4.07. The quantitative estimate of drug-likeness (QED) is 0.355. The Hall–Kier alpha value is -4.13. The molecular weight excluding hydrogens is 406 g/mol. The molecule has 0 aliphatic carbocycles. The highest BCUT2D eigenvalue weighted by atomic mass is 16.5. The summed E-state index contributed by atoms with van der Waals surface area (Å²) < 4.78 is 8.68. The highest BCUT2D eigenvalue weighted by Crippen LogP contribution is 2.18. The number of carbonyl (C=O) groups is 2. The number of carbonyl (C=O) groups excluding carboxylic acids is 2. The minimum absolute atomic E-state index is 0.0596. The van der Waals surface area contributed by atoms with Crippen molar-refractivity contribution in [3.05, 3.63) is 94.9 Å². The van der Waals surface area contributed by atoms with Crippen LogP contribution in [0.25, 0.3) is 11.0 Å². The SMILES string of the molecule is CCn1c(=O)n(CCC(=O)Oc2ccc(NC(=O)c3ccccc3)cc2)c2ccccc21. The lowest BCUT2D eigenvalue weighted by atomic mass is 10.2. The van der Waals surface area contributed by atoms with Crippen LogP contribution in [-0.2, 0) is 17.9 Å². The van der Waals surface area contributed by atoms with E-state index in [0.717, 1.165) is 11.0 Å². The molecule has 1 amide bonds. The number of nitrogens with zero attached hydrogens (tertiary/aromatic N) is 2. The van der Waals surface area contributed by atoms with Gasteiger partial charge in [0.2, 0.25) is 0 Å². The summed E-state index contributed by atoms with van der Waals surface area (Å²) in [6.07, 6.45) is 0.0596. The molecule has 0 aliphatic rings. The molecule has 7 heteroatoms. The Bertz CT molecular complexity index is 1300. The molecule has 0 saturated heterocycles. The maximum atomic E-state index is 12.7. The Kier molecular flexibility index (Phi) is 6.17. The van der Waals surface area contributed by atoms with Crippen molar-refractivity contribution >= 4 is 28.6 Å². The smallest absolute Gasteiger partial charge is 0.329 e. The Morgan fingerprint density at radius 3 is 2.12 bits per heavy atom. The standard InChI is InChI=1S/C25H23N3O4/c1-2-27-21-10-6-7-11-22(21)28(25(27)31)17-16-23(29)32-20-14-12-19(13-15-20)26-24(30)18-8-4-3-5-9-18/h3-15H,2,16-17H2,1H3,(H,26,30). The van der Waals surface area contributed by atoms with E-state index in [1.165, 1.54) is 0 Å². The first kappa shape index (κ1) is 21.1. The lowest BCUT2D eigenvalue weighted by Gasteiger charge is -2.08. The van der Waals surface area contributed by atoms with E-state index >= 15 is 0 Å². The van der Waals surface area contributed by atoms with Crippen LogP contribution in [0.5, 0.6) is 5.75 Å². The van der Waals surface area contributed by atoms with E-state index in [4.69, 9.17) is 4.74 Å². The summed E-state index contributed by atoms with van der Waals surface area (Å²) in [5, 5.41) is 2.80. The summed E-state index contributed by atoms with van der Waals surface area (Å²) in [6.45, 7) is 2.71. The molecule has 0 atom stereocenters. The largest absolute Gasteiger partial charge is 0.426 e. The summed E-state index contributed by atoms with van der Waals surface area (Å²) in [6, 6.07) is 23.0. The van der Waals surface area contributed by atoms with Crippen LogP contribution >= 0.6 is 0 Å². The number of imidazole rings is 1. The van der Waals surface area contributed by atoms with Gasteiger partial charge in [-0.1, -0.05) is 30.3 Å². The molecular formula is C25H23N3O4. The van der Waals surface area contributed by atoms with Gasteiger partial charge in [0.25, 0.3) is 5.91 Å². The van der Waals surface area contributed by atoms with Crippen molar-refractivity contribution in [1.29, 1.82) is 0 Å². The van der Waals surface area contributed by atoms with E-state index in [0.29, 0.717) is 23.5 Å². The molecule has 0 fully saturated rings. The summed E-state index contributed by atoms with van der Waals surface area (Å²) >= 11 is 0. The van der Waals surface area contributed by atoms with Gasteiger partial charge in [0.15, 0.2) is 0 Å². The van der Waals surface area contributed by atoms with Crippen LogP contribution in [0, 0.1) is 0 Å². The topological polar surface area (TPSA) is 82.3 Å². The first-order chi connectivity index (χ1) is 15.6. The zero-order valence-electron chi connectivity index (χ0n) is 17.7. The van der Waals surface area contributed by atoms with E-state index in [9.17, 15) is 14.4 Å². The van der Waals surface area contributed by atoms with Crippen LogP contribution in [0.15, 0.2) is 83.7 Å². The zero-order chi connectivity index (χ0) is 22.5. The molecule has 1 aromatic heterocycles. The van der Waals surface area contributed by atoms with Gasteiger partial charge in [-0.25, -0.2) is 4.79 Å². The first-order valence-electron chi connectivity index (χ1n) is 10.4. The zero-order valence-corrected chi connectivity index (χ0v) is 17.7. The molecule has 0 saturated carbocycles. The second kappa shape index (κ2) is 9.34. The Labute approximate surface area is 184 Å². The molecule has 4 rings (SSSR count). The lowest BCUT2D eigenvalue weighted by Crippen LogP contribution is -2.25. The minimum Gasteiger partial charge on any atom is -0.426 e. The number of para-hydroxylation sites is 2. The third kappa shape index (κ3) is 4.46. The molecule has 0 radical (unpaired) electrons. The average molecular weight is 429 g/mol. The molecule has 1 N–H and O–H groups in total. The molecule has 3 aromatic carbocycles. The fourth-order valence-corrected chi connectivity index (χ4v) is 3.58. The van der Waals surface area contributed by atoms with Gasteiger partial charge in [-0.2, -0.15) is 0 Å². The number of nitrogens with one attached hydrogen (secondary N) is 1. The first-order valence-corrected chi connectivity index (χ1v) is 10.4. The monoisotopic (exact) mass is 429 g/mol. The highest BCUT2D eigenvalue weighted by Gasteiger charge is 2.14. The predicted molar refractivity (Wildman–Crippen MR) is 123 cm³/mol. The number of anilines is 1. The Balaban J connectivity index is 1.37. The number of aryl methyl sites for hydroxylation is 2. The molecule has 0 unspecified atom stereocenters. The van der Waals surface area contributed by atoms with Crippen molar-refractivity contribution in [2.24, 2.45) is 0 Å². The normalized spacial score (nSPS) is 10.8. The van der Waals surface area contributed by atoms with Crippen LogP contribution in [-0.4, -0.2) is 21.0 Å². The summed E-state index contributed by atoms with van der Waals surface area (Å²) in [4.78, 5) is 37.2. The van der Waals surface area contributed by atoms with E-state index < -0.39 is 5.97 Å². The van der Waals surface area contributed by atoms with Gasteiger partial charge in [-0.15, -0.1) is 0 Å². The van der Waals surface area contributed by atoms with E-state index in [1.807, 2.05) is 37.3 Å². The van der Waals surface area contributed by atoms with Crippen LogP contribution in [0.4, 0.5) is 5.69 Å². The fraction of sp³-hybridized carbons (Fsp3) is 0.160. The molecule has 7 nitrogen and oxygen atoms in total. The van der Waals surface area contributed by atoms with Crippen LogP contribution in [0.1, 0.15) is 23.7 Å². The van der Waals surface area contributed by atoms with Crippen molar-refractivity contribution in [2.75, 3.05) is 5.32 Å². The van der Waals surface area contributed by atoms with Gasteiger partial charge in [-0.3, -0.25) is 18.7 Å². The number of fused-ring (bicyclic) bond motifs is 1. The maximum absolute atomic E-state index is 12.7. The number of hydrogen-bond donors (Lipinski definition) is 1. The third-order valence-corrected chi connectivity index (χ3v) is 5.16. The van der Waals surface area contributed by atoms with Crippen molar-refractivity contribution < 1.29 is 14.3 Å². The maximum Gasteiger partial charge on any atom is 0.329 e. The van der Waals surface area contributed by atoms with Crippen molar-refractivity contribution in [1.82, 2.24) is 9.13 Å². The number of amides is 1. The summed E-state index contributed by atoms with van der Waals surface area (Å²) in [5.74, 6) is -0.283. The number of ether oxygens (including phenoxy) is 1. The fourth-order valence-electron chi connectivity index (χ4n) is 3.58. The lowest BCUT2D eigenvalue weighted by molar-refractivity contribution is -0.134. The molecule has 162 valence electrons. The van der Waals surface area contributed by atoms with Crippen molar-refractivity contribution in [3.63, 3.8) is 0 Å². The number of hydrogen-bond acceptors (Lipinski definition) is 4. The highest BCUT2D eigenvalue weighted by molar-refractivity contribution is 6.04. The van der Waals surface area contributed by atoms with Crippen molar-refractivity contribution in [3.8, 4) is 5.75 Å². The van der Waals surface area contributed by atoms with E-state index in [-0.39, 0.29) is 24.6 Å². The van der Waals surface area contributed by atoms with Crippen LogP contribution in [0.2, 0.25) is 0 Å². The van der Waals surface area contributed by atoms with Gasteiger partial charge in [0.1, 0.15) is 5.75 Å².